The lowest BCUT2D eigenvalue weighted by molar-refractivity contribution is -0.143. The third-order valence-electron chi connectivity index (χ3n) is 22.6. The second kappa shape index (κ2) is 48.9. The molecule has 9 unspecified atom stereocenters. The first-order chi connectivity index (χ1) is 43.0. The molecule has 2 aliphatic carbocycles. The summed E-state index contributed by atoms with van der Waals surface area (Å²) in [5, 5.41) is 0. The van der Waals surface area contributed by atoms with E-state index in [-0.39, 0.29) is 36.0 Å². The fraction of sp³-hybridized carbons (Fsp3) is 0.887. The summed E-state index contributed by atoms with van der Waals surface area (Å²) in [7, 11) is 0. The highest BCUT2D eigenvalue weighted by Gasteiger charge is 2.44. The third kappa shape index (κ3) is 29.9. The maximum atomic E-state index is 14.0. The lowest BCUT2D eigenvalue weighted by Crippen LogP contribution is -2.46. The van der Waals surface area contributed by atoms with Crippen LogP contribution in [0.4, 0.5) is 0 Å². The number of carbonyl (C=O) groups is 5. The van der Waals surface area contributed by atoms with Crippen LogP contribution in [0, 0.1) is 47.3 Å². The molecular weight excluding hydrogens is 1080 g/mol. The number of imide groups is 2. The van der Waals surface area contributed by atoms with Gasteiger partial charge in [0.15, 0.2) is 0 Å². The SMILES string of the molecule is C=C(C)C(=O)N(CCCCCCCCC1C(CCCC)CCC(CCCCCC)C1CCCCCCCC)C1CC(=O)N(CCCCCCCCC2C(CCCCCCCCN3C(=O)C=CC3=O)CCC(CCCCCC)C2CCCCCCCC)C1=O. The Morgan fingerprint density at radius 3 is 1.02 bits per heavy atom. The predicted molar refractivity (Wildman–Crippen MR) is 374 cm³/mol. The fourth-order valence-electron chi connectivity index (χ4n) is 17.3. The van der Waals surface area contributed by atoms with E-state index in [0.717, 1.165) is 98.7 Å². The Morgan fingerprint density at radius 1 is 0.386 bits per heavy atom. The van der Waals surface area contributed by atoms with E-state index in [2.05, 4.69) is 41.2 Å². The van der Waals surface area contributed by atoms with Gasteiger partial charge in [-0.25, -0.2) is 0 Å². The summed E-state index contributed by atoms with van der Waals surface area (Å²) in [5.74, 6) is 6.37. The van der Waals surface area contributed by atoms with Gasteiger partial charge < -0.3 is 4.90 Å². The molecule has 0 bridgehead atoms. The van der Waals surface area contributed by atoms with Gasteiger partial charge in [0.05, 0.1) is 6.42 Å². The molecule has 9 atom stereocenters. The smallest absolute Gasteiger partial charge is 0.253 e. The van der Waals surface area contributed by atoms with Crippen LogP contribution < -0.4 is 0 Å². The summed E-state index contributed by atoms with van der Waals surface area (Å²) >= 11 is 0. The van der Waals surface area contributed by atoms with Gasteiger partial charge in [-0.05, 0) is 125 Å². The van der Waals surface area contributed by atoms with E-state index < -0.39 is 6.04 Å². The Kier molecular flexibility index (Phi) is 43.2. The van der Waals surface area contributed by atoms with Crippen molar-refractivity contribution in [1.29, 1.82) is 0 Å². The van der Waals surface area contributed by atoms with E-state index in [1.807, 2.05) is 0 Å². The minimum absolute atomic E-state index is 0.102. The molecular formula is C80H143N3O5. The van der Waals surface area contributed by atoms with Crippen LogP contribution in [0.2, 0.25) is 0 Å². The first-order valence-corrected chi connectivity index (χ1v) is 39.3. The first kappa shape index (κ1) is 77.7. The van der Waals surface area contributed by atoms with E-state index in [1.165, 1.54) is 304 Å². The largest absolute Gasteiger partial charge is 0.326 e. The van der Waals surface area contributed by atoms with Crippen molar-refractivity contribution in [1.82, 2.24) is 14.7 Å². The number of amides is 5. The average molecular weight is 1230 g/mol. The van der Waals surface area contributed by atoms with Gasteiger partial charge in [-0.3, -0.25) is 33.8 Å². The van der Waals surface area contributed by atoms with E-state index in [4.69, 9.17) is 0 Å². The van der Waals surface area contributed by atoms with E-state index >= 15 is 0 Å². The Labute approximate surface area is 544 Å². The zero-order valence-electron chi connectivity index (χ0n) is 59.0. The summed E-state index contributed by atoms with van der Waals surface area (Å²) in [6, 6.07) is -0.701. The third-order valence-corrected chi connectivity index (χ3v) is 22.6. The number of likely N-dealkylation sites (tertiary alicyclic amines) is 1. The highest BCUT2D eigenvalue weighted by Crippen LogP contribution is 2.49. The second-order valence-corrected chi connectivity index (χ2v) is 29.6. The summed E-state index contributed by atoms with van der Waals surface area (Å²) in [4.78, 5) is 69.8. The lowest BCUT2D eigenvalue weighted by atomic mass is 9.61. The highest BCUT2D eigenvalue weighted by atomic mass is 16.2. The van der Waals surface area contributed by atoms with Crippen molar-refractivity contribution >= 4 is 29.5 Å². The maximum absolute atomic E-state index is 14.0. The summed E-state index contributed by atoms with van der Waals surface area (Å²) in [6.07, 6.45) is 71.2. The van der Waals surface area contributed by atoms with Crippen LogP contribution in [0.25, 0.3) is 0 Å². The minimum atomic E-state index is -0.701. The van der Waals surface area contributed by atoms with Crippen LogP contribution in [0.1, 0.15) is 382 Å². The Bertz CT molecular complexity index is 1880. The molecule has 2 heterocycles. The molecule has 8 nitrogen and oxygen atoms in total. The van der Waals surface area contributed by atoms with Gasteiger partial charge in [0, 0.05) is 37.4 Å². The summed E-state index contributed by atoms with van der Waals surface area (Å²) in [6.45, 7) is 19.0. The number of nitrogens with zero attached hydrogens (tertiary/aromatic N) is 3. The Balaban J connectivity index is 1.22. The number of rotatable bonds is 56. The molecule has 2 aliphatic heterocycles. The van der Waals surface area contributed by atoms with Crippen LogP contribution >= 0.6 is 0 Å². The van der Waals surface area contributed by atoms with E-state index in [9.17, 15) is 24.0 Å². The predicted octanol–water partition coefficient (Wildman–Crippen LogP) is 22.8. The topological polar surface area (TPSA) is 95.1 Å². The highest BCUT2D eigenvalue weighted by molar-refractivity contribution is 6.12. The molecule has 4 rings (SSSR count). The van der Waals surface area contributed by atoms with Crippen molar-refractivity contribution < 1.29 is 24.0 Å². The molecule has 0 N–H and O–H groups in total. The number of carbonyl (C=O) groups excluding carboxylic acids is 5. The van der Waals surface area contributed by atoms with Crippen LogP contribution in [-0.4, -0.2) is 69.9 Å². The fourth-order valence-corrected chi connectivity index (χ4v) is 17.3. The molecule has 0 aromatic heterocycles. The number of hydrogen-bond acceptors (Lipinski definition) is 5. The van der Waals surface area contributed by atoms with Crippen molar-refractivity contribution in [2.75, 3.05) is 19.6 Å². The van der Waals surface area contributed by atoms with Gasteiger partial charge in [-0.15, -0.1) is 0 Å². The van der Waals surface area contributed by atoms with E-state index in [1.54, 1.807) is 11.8 Å². The lowest BCUT2D eigenvalue weighted by Gasteiger charge is -2.44. The quantitative estimate of drug-likeness (QED) is 0.0343. The Hall–Kier alpha value is -2.77. The monoisotopic (exact) mass is 1230 g/mol. The van der Waals surface area contributed by atoms with Crippen molar-refractivity contribution in [3.63, 3.8) is 0 Å². The Morgan fingerprint density at radius 2 is 0.670 bits per heavy atom. The molecule has 5 amide bonds. The van der Waals surface area contributed by atoms with Gasteiger partial charge in [-0.1, -0.05) is 304 Å². The summed E-state index contributed by atoms with van der Waals surface area (Å²) < 4.78 is 0. The minimum Gasteiger partial charge on any atom is -0.326 e. The van der Waals surface area contributed by atoms with Crippen molar-refractivity contribution in [2.24, 2.45) is 47.3 Å². The molecule has 508 valence electrons. The standard InChI is InChI=1S/C80H143N3O5/c1-8-13-18-22-31-41-53-72-68(49-38-20-15-10-3)57-56-67(48-17-12-5)71(72)52-43-33-25-28-35-45-62-81(79(87)66(6)7)75-65-78(86)83(80(75)88)64-47-37-29-26-34-44-55-74-70(51-40-30-24-27-36-46-63-82-76(84)60-61-77(82)85)59-58-69(50-39-21-16-11-4)73(74)54-42-32-23-19-14-9-2/h60-61,67-75H,6,8-59,62-65H2,1-5,7H3. The number of hydrogen-bond donors (Lipinski definition) is 0. The molecule has 3 fully saturated rings. The van der Waals surface area contributed by atoms with Crippen molar-refractivity contribution in [3.05, 3.63) is 24.3 Å². The normalized spacial score (nSPS) is 23.1. The molecule has 0 aromatic rings. The zero-order valence-corrected chi connectivity index (χ0v) is 59.0. The van der Waals surface area contributed by atoms with Gasteiger partial charge in [0.1, 0.15) is 6.04 Å². The van der Waals surface area contributed by atoms with Gasteiger partial charge in [0.25, 0.3) is 17.7 Å². The molecule has 4 aliphatic rings. The van der Waals surface area contributed by atoms with Crippen LogP contribution in [0.3, 0.4) is 0 Å². The van der Waals surface area contributed by atoms with Crippen LogP contribution in [0.5, 0.6) is 0 Å². The van der Waals surface area contributed by atoms with Crippen LogP contribution in [0.15, 0.2) is 24.3 Å². The van der Waals surface area contributed by atoms with Crippen molar-refractivity contribution in [2.45, 2.75) is 388 Å². The maximum Gasteiger partial charge on any atom is 0.253 e. The van der Waals surface area contributed by atoms with Gasteiger partial charge in [-0.2, -0.15) is 0 Å². The second-order valence-electron chi connectivity index (χ2n) is 29.6. The molecule has 8 heteroatoms. The van der Waals surface area contributed by atoms with Gasteiger partial charge >= 0.3 is 0 Å². The molecule has 1 saturated heterocycles. The number of unbranched alkanes of at least 4 members (excludes halogenated alkanes) is 32. The zero-order chi connectivity index (χ0) is 63.4. The van der Waals surface area contributed by atoms with Crippen LogP contribution in [-0.2, 0) is 24.0 Å². The first-order valence-electron chi connectivity index (χ1n) is 39.3. The molecule has 0 spiro atoms. The molecule has 88 heavy (non-hydrogen) atoms. The van der Waals surface area contributed by atoms with E-state index in [0.29, 0.717) is 25.2 Å². The molecule has 0 radical (unpaired) electrons. The van der Waals surface area contributed by atoms with Gasteiger partial charge in [0.2, 0.25) is 11.8 Å². The summed E-state index contributed by atoms with van der Waals surface area (Å²) in [5.41, 5.74) is 0.442. The molecule has 0 aromatic carbocycles. The molecule has 2 saturated carbocycles. The average Bonchev–Trinajstić information content (AvgIpc) is 4.14. The van der Waals surface area contributed by atoms with Crippen molar-refractivity contribution in [3.8, 4) is 0 Å².